The summed E-state index contributed by atoms with van der Waals surface area (Å²) in [6.07, 6.45) is 0.917. The SMILES string of the molecule is CC(NCCc1ccccc1)C(=O)c1ccc(N)cc1. The number of nitrogens with two attached hydrogens (primary N) is 1. The quantitative estimate of drug-likeness (QED) is 0.625. The maximum absolute atomic E-state index is 12.2. The lowest BCUT2D eigenvalue weighted by Gasteiger charge is -2.13. The van der Waals surface area contributed by atoms with Crippen LogP contribution in [0, 0.1) is 0 Å². The molecule has 1 atom stereocenters. The summed E-state index contributed by atoms with van der Waals surface area (Å²) in [6.45, 7) is 2.68. The van der Waals surface area contributed by atoms with Crippen LogP contribution in [0.2, 0.25) is 0 Å². The van der Waals surface area contributed by atoms with Gasteiger partial charge in [-0.05, 0) is 49.7 Å². The number of hydrogen-bond donors (Lipinski definition) is 2. The van der Waals surface area contributed by atoms with E-state index >= 15 is 0 Å². The maximum atomic E-state index is 12.2. The van der Waals surface area contributed by atoms with Gasteiger partial charge in [0.25, 0.3) is 0 Å². The highest BCUT2D eigenvalue weighted by atomic mass is 16.1. The van der Waals surface area contributed by atoms with Gasteiger partial charge in [0.2, 0.25) is 0 Å². The number of nitrogens with one attached hydrogen (secondary N) is 1. The van der Waals surface area contributed by atoms with Crippen LogP contribution in [0.4, 0.5) is 5.69 Å². The molecule has 0 saturated heterocycles. The van der Waals surface area contributed by atoms with Gasteiger partial charge in [0.05, 0.1) is 6.04 Å². The Labute approximate surface area is 119 Å². The van der Waals surface area contributed by atoms with Crippen LogP contribution in [-0.2, 0) is 6.42 Å². The van der Waals surface area contributed by atoms with E-state index in [1.165, 1.54) is 5.56 Å². The van der Waals surface area contributed by atoms with Gasteiger partial charge < -0.3 is 11.1 Å². The lowest BCUT2D eigenvalue weighted by atomic mass is 10.0. The lowest BCUT2D eigenvalue weighted by Crippen LogP contribution is -2.35. The molecule has 0 aliphatic heterocycles. The van der Waals surface area contributed by atoms with Crippen LogP contribution in [0.5, 0.6) is 0 Å². The van der Waals surface area contributed by atoms with Crippen LogP contribution < -0.4 is 11.1 Å². The first-order chi connectivity index (χ1) is 9.66. The van der Waals surface area contributed by atoms with E-state index in [-0.39, 0.29) is 11.8 Å². The molecule has 2 aromatic rings. The van der Waals surface area contributed by atoms with Crippen molar-refractivity contribution in [3.05, 3.63) is 65.7 Å². The first-order valence-electron chi connectivity index (χ1n) is 6.84. The van der Waals surface area contributed by atoms with Crippen molar-refractivity contribution >= 4 is 11.5 Å². The normalized spacial score (nSPS) is 12.1. The summed E-state index contributed by atoms with van der Waals surface area (Å²) in [6, 6.07) is 17.1. The lowest BCUT2D eigenvalue weighted by molar-refractivity contribution is 0.0951. The van der Waals surface area contributed by atoms with Crippen molar-refractivity contribution in [2.45, 2.75) is 19.4 Å². The zero-order valence-electron chi connectivity index (χ0n) is 11.7. The fraction of sp³-hybridized carbons (Fsp3) is 0.235. The van der Waals surface area contributed by atoms with Crippen molar-refractivity contribution in [1.82, 2.24) is 5.32 Å². The highest BCUT2D eigenvalue weighted by Crippen LogP contribution is 2.08. The van der Waals surface area contributed by atoms with E-state index in [0.29, 0.717) is 11.3 Å². The van der Waals surface area contributed by atoms with Gasteiger partial charge in [-0.2, -0.15) is 0 Å². The summed E-state index contributed by atoms with van der Waals surface area (Å²) in [7, 11) is 0. The van der Waals surface area contributed by atoms with Gasteiger partial charge in [0.15, 0.2) is 5.78 Å². The Kier molecular flexibility index (Phi) is 4.91. The molecule has 0 amide bonds. The van der Waals surface area contributed by atoms with Gasteiger partial charge in [0, 0.05) is 11.3 Å². The van der Waals surface area contributed by atoms with Gasteiger partial charge >= 0.3 is 0 Å². The summed E-state index contributed by atoms with van der Waals surface area (Å²) in [4.78, 5) is 12.2. The molecule has 2 aromatic carbocycles. The minimum atomic E-state index is -0.192. The summed E-state index contributed by atoms with van der Waals surface area (Å²) >= 11 is 0. The zero-order valence-corrected chi connectivity index (χ0v) is 11.7. The molecule has 104 valence electrons. The van der Waals surface area contributed by atoms with Gasteiger partial charge in [0.1, 0.15) is 0 Å². The molecule has 0 radical (unpaired) electrons. The number of anilines is 1. The first-order valence-corrected chi connectivity index (χ1v) is 6.84. The smallest absolute Gasteiger partial charge is 0.179 e. The molecule has 3 N–H and O–H groups in total. The molecular weight excluding hydrogens is 248 g/mol. The van der Waals surface area contributed by atoms with E-state index in [9.17, 15) is 4.79 Å². The van der Waals surface area contributed by atoms with Crippen molar-refractivity contribution in [3.8, 4) is 0 Å². The highest BCUT2D eigenvalue weighted by molar-refractivity contribution is 6.00. The van der Waals surface area contributed by atoms with Crippen LogP contribution >= 0.6 is 0 Å². The molecule has 0 aliphatic carbocycles. The van der Waals surface area contributed by atoms with Crippen LogP contribution in [0.1, 0.15) is 22.8 Å². The van der Waals surface area contributed by atoms with E-state index in [0.717, 1.165) is 13.0 Å². The third-order valence-corrected chi connectivity index (χ3v) is 3.30. The fourth-order valence-corrected chi connectivity index (χ4v) is 2.07. The van der Waals surface area contributed by atoms with Gasteiger partial charge in [-0.15, -0.1) is 0 Å². The summed E-state index contributed by atoms with van der Waals surface area (Å²) in [5.41, 5.74) is 8.26. The molecule has 20 heavy (non-hydrogen) atoms. The van der Waals surface area contributed by atoms with Crippen LogP contribution in [0.3, 0.4) is 0 Å². The second-order valence-electron chi connectivity index (χ2n) is 4.90. The number of carbonyl (C=O) groups excluding carboxylic acids is 1. The second kappa shape index (κ2) is 6.87. The van der Waals surface area contributed by atoms with E-state index in [4.69, 9.17) is 5.73 Å². The molecule has 3 heteroatoms. The average molecular weight is 268 g/mol. The molecule has 2 rings (SSSR count). The molecule has 3 nitrogen and oxygen atoms in total. The number of hydrogen-bond acceptors (Lipinski definition) is 3. The van der Waals surface area contributed by atoms with Crippen molar-refractivity contribution in [1.29, 1.82) is 0 Å². The molecule has 0 bridgehead atoms. The number of Topliss-reactive ketones (excluding diaryl/α,β-unsaturated/α-hetero) is 1. The largest absolute Gasteiger partial charge is 0.399 e. The summed E-state index contributed by atoms with van der Waals surface area (Å²) < 4.78 is 0. The summed E-state index contributed by atoms with van der Waals surface area (Å²) in [5.74, 6) is 0.0954. The first kappa shape index (κ1) is 14.3. The average Bonchev–Trinajstić information content (AvgIpc) is 2.48. The number of rotatable bonds is 6. The monoisotopic (exact) mass is 268 g/mol. The Morgan fingerprint density at radius 1 is 1.10 bits per heavy atom. The number of ketones is 1. The van der Waals surface area contributed by atoms with Crippen molar-refractivity contribution in [2.75, 3.05) is 12.3 Å². The van der Waals surface area contributed by atoms with Crippen molar-refractivity contribution in [2.24, 2.45) is 0 Å². The van der Waals surface area contributed by atoms with Gasteiger partial charge in [-0.25, -0.2) is 0 Å². The van der Waals surface area contributed by atoms with Crippen LogP contribution in [0.15, 0.2) is 54.6 Å². The van der Waals surface area contributed by atoms with E-state index in [1.807, 2.05) is 25.1 Å². The molecule has 0 aliphatic rings. The minimum Gasteiger partial charge on any atom is -0.399 e. The Bertz CT molecular complexity index is 549. The number of nitrogen functional groups attached to an aromatic ring is 1. The molecular formula is C17H20N2O. The van der Waals surface area contributed by atoms with E-state index in [1.54, 1.807) is 24.3 Å². The van der Waals surface area contributed by atoms with Gasteiger partial charge in [-0.3, -0.25) is 4.79 Å². The third kappa shape index (κ3) is 3.93. The third-order valence-electron chi connectivity index (χ3n) is 3.30. The van der Waals surface area contributed by atoms with Crippen LogP contribution in [0.25, 0.3) is 0 Å². The van der Waals surface area contributed by atoms with Crippen molar-refractivity contribution < 1.29 is 4.79 Å². The Morgan fingerprint density at radius 3 is 2.40 bits per heavy atom. The van der Waals surface area contributed by atoms with Crippen LogP contribution in [-0.4, -0.2) is 18.4 Å². The molecule has 0 heterocycles. The topological polar surface area (TPSA) is 55.1 Å². The van der Waals surface area contributed by atoms with Gasteiger partial charge in [-0.1, -0.05) is 30.3 Å². The fourth-order valence-electron chi connectivity index (χ4n) is 2.07. The predicted molar refractivity (Wildman–Crippen MR) is 82.8 cm³/mol. The highest BCUT2D eigenvalue weighted by Gasteiger charge is 2.13. The summed E-state index contributed by atoms with van der Waals surface area (Å²) in [5, 5.41) is 3.26. The Morgan fingerprint density at radius 2 is 1.75 bits per heavy atom. The Balaban J connectivity index is 1.84. The maximum Gasteiger partial charge on any atom is 0.179 e. The molecule has 1 unspecified atom stereocenters. The molecule has 0 saturated carbocycles. The zero-order chi connectivity index (χ0) is 14.4. The molecule has 0 fully saturated rings. The van der Waals surface area contributed by atoms with Crippen molar-refractivity contribution in [3.63, 3.8) is 0 Å². The number of carbonyl (C=O) groups is 1. The molecule has 0 spiro atoms. The standard InChI is InChI=1S/C17H20N2O/c1-13(17(20)15-7-9-16(18)10-8-15)19-12-11-14-5-3-2-4-6-14/h2-10,13,19H,11-12,18H2,1H3. The van der Waals surface area contributed by atoms with E-state index in [2.05, 4.69) is 17.4 Å². The predicted octanol–water partition coefficient (Wildman–Crippen LogP) is 2.67. The number of benzene rings is 2. The molecule has 0 aromatic heterocycles. The Hall–Kier alpha value is -2.13. The minimum absolute atomic E-state index is 0.0954. The van der Waals surface area contributed by atoms with E-state index < -0.39 is 0 Å². The second-order valence-corrected chi connectivity index (χ2v) is 4.90.